The second-order valence-corrected chi connectivity index (χ2v) is 8.19. The first kappa shape index (κ1) is 22.6. The quantitative estimate of drug-likeness (QED) is 0.413. The second-order valence-electron chi connectivity index (χ2n) is 8.19. The van der Waals surface area contributed by atoms with Crippen LogP contribution in [-0.2, 0) is 30.5 Å². The van der Waals surface area contributed by atoms with E-state index in [4.69, 9.17) is 4.74 Å². The van der Waals surface area contributed by atoms with Gasteiger partial charge in [-0.25, -0.2) is 9.97 Å². The molecule has 1 aliphatic heterocycles. The lowest BCUT2D eigenvalue weighted by Crippen LogP contribution is -2.37. The number of hydrogen-bond donors (Lipinski definition) is 2. The molecule has 1 atom stereocenters. The zero-order chi connectivity index (χ0) is 24.4. The van der Waals surface area contributed by atoms with Crippen molar-refractivity contribution in [3.8, 4) is 5.75 Å². The molecule has 0 saturated heterocycles. The van der Waals surface area contributed by atoms with Crippen molar-refractivity contribution in [2.75, 3.05) is 5.32 Å². The van der Waals surface area contributed by atoms with Crippen LogP contribution in [0, 0.1) is 0 Å². The molecule has 9 heteroatoms. The summed E-state index contributed by atoms with van der Waals surface area (Å²) >= 11 is 0. The molecule has 0 aliphatic carbocycles. The minimum atomic E-state index is -4.41. The molecule has 1 aromatic heterocycles. The minimum Gasteiger partial charge on any atom is -0.480 e. The number of para-hydroxylation sites is 2. The third-order valence-electron chi connectivity index (χ3n) is 5.72. The van der Waals surface area contributed by atoms with Crippen LogP contribution in [0.1, 0.15) is 22.5 Å². The molecule has 0 radical (unpaired) electrons. The first-order chi connectivity index (χ1) is 16.9. The van der Waals surface area contributed by atoms with Crippen LogP contribution in [0.15, 0.2) is 72.8 Å². The van der Waals surface area contributed by atoms with Gasteiger partial charge in [0.25, 0.3) is 5.91 Å². The third kappa shape index (κ3) is 5.03. The van der Waals surface area contributed by atoms with Crippen molar-refractivity contribution in [3.63, 3.8) is 0 Å². The fraction of sp³-hybridized carbons (Fsp3) is 0.192. The van der Waals surface area contributed by atoms with Crippen LogP contribution in [0.3, 0.4) is 0 Å². The number of amides is 1. The summed E-state index contributed by atoms with van der Waals surface area (Å²) in [5, 5.41) is 6.67. The monoisotopic (exact) mass is 478 g/mol. The number of halogens is 3. The Balaban J connectivity index is 1.30. The van der Waals surface area contributed by atoms with Crippen LogP contribution in [0.25, 0.3) is 10.9 Å². The van der Waals surface area contributed by atoms with Gasteiger partial charge in [0.05, 0.1) is 17.6 Å². The lowest BCUT2D eigenvalue weighted by atomic mass is 10.1. The largest absolute Gasteiger partial charge is 0.480 e. The summed E-state index contributed by atoms with van der Waals surface area (Å²) in [5.41, 5.74) is 1.40. The number of aromatic nitrogens is 2. The molecule has 2 heterocycles. The van der Waals surface area contributed by atoms with Gasteiger partial charge in [0, 0.05) is 18.4 Å². The van der Waals surface area contributed by atoms with Crippen LogP contribution in [0.4, 0.5) is 19.0 Å². The number of hydrogen-bond acceptors (Lipinski definition) is 5. The minimum absolute atomic E-state index is 0.0815. The van der Waals surface area contributed by atoms with Gasteiger partial charge >= 0.3 is 6.18 Å². The number of alkyl halides is 3. The van der Waals surface area contributed by atoms with E-state index in [0.717, 1.165) is 23.1 Å². The maximum Gasteiger partial charge on any atom is 0.416 e. The molecule has 6 nitrogen and oxygen atoms in total. The van der Waals surface area contributed by atoms with Crippen molar-refractivity contribution in [1.29, 1.82) is 0 Å². The van der Waals surface area contributed by atoms with E-state index in [9.17, 15) is 18.0 Å². The maximum atomic E-state index is 13.0. The molecule has 1 aliphatic rings. The van der Waals surface area contributed by atoms with Crippen molar-refractivity contribution >= 4 is 22.6 Å². The van der Waals surface area contributed by atoms with E-state index in [1.165, 1.54) is 6.07 Å². The normalized spacial score (nSPS) is 14.9. The fourth-order valence-electron chi connectivity index (χ4n) is 3.99. The average molecular weight is 478 g/mol. The highest BCUT2D eigenvalue weighted by Gasteiger charge is 2.30. The summed E-state index contributed by atoms with van der Waals surface area (Å²) in [4.78, 5) is 21.7. The van der Waals surface area contributed by atoms with Crippen molar-refractivity contribution in [2.45, 2.75) is 31.8 Å². The number of rotatable bonds is 6. The summed E-state index contributed by atoms with van der Waals surface area (Å²) in [6.45, 7) is 0.225. The Hall–Kier alpha value is -4.14. The summed E-state index contributed by atoms with van der Waals surface area (Å²) in [6, 6.07) is 20.0. The maximum absolute atomic E-state index is 13.0. The van der Waals surface area contributed by atoms with E-state index in [1.807, 2.05) is 48.5 Å². The first-order valence-corrected chi connectivity index (χ1v) is 11.0. The molecule has 0 saturated carbocycles. The van der Waals surface area contributed by atoms with Crippen molar-refractivity contribution < 1.29 is 22.7 Å². The van der Waals surface area contributed by atoms with Gasteiger partial charge in [0.1, 0.15) is 11.6 Å². The van der Waals surface area contributed by atoms with Crippen molar-refractivity contribution in [1.82, 2.24) is 15.3 Å². The van der Waals surface area contributed by atoms with Crippen molar-refractivity contribution in [2.24, 2.45) is 0 Å². The van der Waals surface area contributed by atoms with Crippen LogP contribution < -0.4 is 15.4 Å². The summed E-state index contributed by atoms with van der Waals surface area (Å²) < 4.78 is 44.9. The highest BCUT2D eigenvalue weighted by molar-refractivity contribution is 5.89. The Kier molecular flexibility index (Phi) is 5.98. The van der Waals surface area contributed by atoms with Gasteiger partial charge in [0.2, 0.25) is 0 Å². The van der Waals surface area contributed by atoms with Gasteiger partial charge in [-0.05, 0) is 41.5 Å². The molecule has 3 aromatic carbocycles. The highest BCUT2D eigenvalue weighted by atomic mass is 19.4. The lowest BCUT2D eigenvalue weighted by Gasteiger charge is -2.14. The average Bonchev–Trinajstić information content (AvgIpc) is 3.30. The first-order valence-electron chi connectivity index (χ1n) is 11.0. The van der Waals surface area contributed by atoms with Crippen molar-refractivity contribution in [3.05, 3.63) is 95.3 Å². The van der Waals surface area contributed by atoms with Gasteiger partial charge in [0.15, 0.2) is 11.9 Å². The molecule has 0 spiro atoms. The fourth-order valence-corrected chi connectivity index (χ4v) is 3.99. The number of ether oxygens (including phenoxy) is 1. The predicted molar refractivity (Wildman–Crippen MR) is 125 cm³/mol. The van der Waals surface area contributed by atoms with E-state index < -0.39 is 17.8 Å². The van der Waals surface area contributed by atoms with Gasteiger partial charge in [-0.15, -0.1) is 0 Å². The number of nitrogens with zero attached hydrogens (tertiary/aromatic N) is 2. The Morgan fingerprint density at radius 2 is 1.77 bits per heavy atom. The lowest BCUT2D eigenvalue weighted by molar-refractivity contribution is -0.137. The topological polar surface area (TPSA) is 76.1 Å². The zero-order valence-corrected chi connectivity index (χ0v) is 18.5. The molecule has 178 valence electrons. The van der Waals surface area contributed by atoms with E-state index in [-0.39, 0.29) is 19.0 Å². The van der Waals surface area contributed by atoms with E-state index in [1.54, 1.807) is 6.07 Å². The molecule has 5 rings (SSSR count). The zero-order valence-electron chi connectivity index (χ0n) is 18.5. The predicted octanol–water partition coefficient (Wildman–Crippen LogP) is 4.88. The van der Waals surface area contributed by atoms with Gasteiger partial charge in [-0.3, -0.25) is 4.79 Å². The SMILES string of the molecule is O=C(NCc1nc(NCc2cccc(C(F)(F)F)c2)c2ccccc2n1)[C@@H]1Cc2ccccc2O1. The van der Waals surface area contributed by atoms with E-state index in [2.05, 4.69) is 20.6 Å². The number of fused-ring (bicyclic) bond motifs is 2. The van der Waals surface area contributed by atoms with Crippen LogP contribution in [-0.4, -0.2) is 22.0 Å². The molecule has 0 fully saturated rings. The molecule has 2 N–H and O–H groups in total. The standard InChI is InChI=1S/C26H21F3N4O2/c27-26(28,29)18-8-5-6-16(12-18)14-30-24-19-9-2-3-10-20(19)32-23(33-24)15-31-25(34)22-13-17-7-1-4-11-21(17)35-22/h1-12,22H,13-15H2,(H,31,34)(H,30,32,33)/t22-/m0/s1. The smallest absolute Gasteiger partial charge is 0.416 e. The molecule has 35 heavy (non-hydrogen) atoms. The number of nitrogens with one attached hydrogen (secondary N) is 2. The Morgan fingerprint density at radius 3 is 2.60 bits per heavy atom. The molecule has 0 unspecified atom stereocenters. The second kappa shape index (κ2) is 9.25. The van der Waals surface area contributed by atoms with Crippen LogP contribution in [0.2, 0.25) is 0 Å². The van der Waals surface area contributed by atoms with Gasteiger partial charge < -0.3 is 15.4 Å². The molecule has 0 bridgehead atoms. The Morgan fingerprint density at radius 1 is 0.971 bits per heavy atom. The summed E-state index contributed by atoms with van der Waals surface area (Å²) in [7, 11) is 0. The van der Waals surface area contributed by atoms with Crippen LogP contribution in [0.5, 0.6) is 5.75 Å². The molecular weight excluding hydrogens is 457 g/mol. The van der Waals surface area contributed by atoms with Gasteiger partial charge in [-0.1, -0.05) is 42.5 Å². The van der Waals surface area contributed by atoms with E-state index in [0.29, 0.717) is 34.9 Å². The summed E-state index contributed by atoms with van der Waals surface area (Å²) in [5.74, 6) is 1.29. The molecule has 4 aromatic rings. The third-order valence-corrected chi connectivity index (χ3v) is 5.72. The van der Waals surface area contributed by atoms with Gasteiger partial charge in [-0.2, -0.15) is 13.2 Å². The number of anilines is 1. The number of benzene rings is 3. The van der Waals surface area contributed by atoms with E-state index >= 15 is 0 Å². The van der Waals surface area contributed by atoms with Crippen LogP contribution >= 0.6 is 0 Å². The molecular formula is C26H21F3N4O2. The highest BCUT2D eigenvalue weighted by Crippen LogP contribution is 2.30. The number of carbonyl (C=O) groups is 1. The Labute approximate surface area is 199 Å². The number of carbonyl (C=O) groups excluding carboxylic acids is 1. The summed E-state index contributed by atoms with van der Waals surface area (Å²) in [6.07, 6.45) is -4.54. The molecule has 1 amide bonds. The Bertz CT molecular complexity index is 1370.